The number of benzene rings is 2. The van der Waals surface area contributed by atoms with Gasteiger partial charge >= 0.3 is 0 Å². The number of carbonyl (C=O) groups excluding carboxylic acids is 1. The van der Waals surface area contributed by atoms with E-state index in [-0.39, 0.29) is 6.10 Å². The van der Waals surface area contributed by atoms with Crippen molar-refractivity contribution in [3.8, 4) is 0 Å². The molecule has 0 aliphatic heterocycles. The molecule has 0 fully saturated rings. The molecule has 0 saturated heterocycles. The first-order valence-corrected chi connectivity index (χ1v) is 7.61. The number of carbonyl (C=O) groups is 1. The van der Waals surface area contributed by atoms with Crippen molar-refractivity contribution in [2.75, 3.05) is 6.61 Å². The lowest BCUT2D eigenvalue weighted by molar-refractivity contribution is -0.104. The maximum absolute atomic E-state index is 10.9. The van der Waals surface area contributed by atoms with E-state index in [1.54, 1.807) is 6.92 Å². The van der Waals surface area contributed by atoms with Gasteiger partial charge in [-0.1, -0.05) is 54.1 Å². The molecule has 0 aromatic heterocycles. The van der Waals surface area contributed by atoms with Crippen LogP contribution in [0.25, 0.3) is 0 Å². The number of hydrogen-bond donors (Lipinski definition) is 0. The largest absolute Gasteiger partial charge is 0.369 e. The Morgan fingerprint density at radius 3 is 2.45 bits per heavy atom. The first-order chi connectivity index (χ1) is 10.7. The molecule has 0 radical (unpaired) electrons. The summed E-state index contributed by atoms with van der Waals surface area (Å²) in [4.78, 5) is 10.9. The van der Waals surface area contributed by atoms with E-state index in [1.165, 1.54) is 5.56 Å². The molecule has 22 heavy (non-hydrogen) atoms. The van der Waals surface area contributed by atoms with Gasteiger partial charge in [-0.25, -0.2) is 0 Å². The van der Waals surface area contributed by atoms with Gasteiger partial charge in [-0.05, 0) is 48.3 Å². The van der Waals surface area contributed by atoms with Gasteiger partial charge in [0, 0.05) is 5.02 Å². The maximum atomic E-state index is 10.9. The first kappa shape index (κ1) is 16.5. The molecule has 0 saturated carbocycles. The number of ether oxygens (including phenoxy) is 1. The Kier molecular flexibility index (Phi) is 6.38. The third-order valence-electron chi connectivity index (χ3n) is 3.33. The van der Waals surface area contributed by atoms with Crippen LogP contribution in [0, 0.1) is 0 Å². The smallest absolute Gasteiger partial charge is 0.145 e. The highest BCUT2D eigenvalue weighted by Crippen LogP contribution is 2.20. The second kappa shape index (κ2) is 8.52. The summed E-state index contributed by atoms with van der Waals surface area (Å²) in [5.74, 6) is 0. The molecule has 0 spiro atoms. The summed E-state index contributed by atoms with van der Waals surface area (Å²) >= 11 is 5.88. The zero-order chi connectivity index (χ0) is 15.8. The molecule has 1 unspecified atom stereocenters. The second-order valence-corrected chi connectivity index (χ2v) is 5.54. The number of rotatable bonds is 7. The molecule has 2 aromatic carbocycles. The van der Waals surface area contributed by atoms with Gasteiger partial charge in [-0.2, -0.15) is 0 Å². The SMILES string of the molecule is C/C(C=O)=C\C(OCCc1ccc(Cl)cc1)c1ccccc1. The van der Waals surface area contributed by atoms with Gasteiger partial charge in [0.25, 0.3) is 0 Å². The van der Waals surface area contributed by atoms with Crippen LogP contribution in [0.3, 0.4) is 0 Å². The molecule has 0 N–H and O–H groups in total. The minimum Gasteiger partial charge on any atom is -0.369 e. The van der Waals surface area contributed by atoms with Crippen molar-refractivity contribution in [3.63, 3.8) is 0 Å². The monoisotopic (exact) mass is 314 g/mol. The van der Waals surface area contributed by atoms with E-state index >= 15 is 0 Å². The van der Waals surface area contributed by atoms with Gasteiger partial charge in [0.15, 0.2) is 0 Å². The van der Waals surface area contributed by atoms with E-state index in [9.17, 15) is 4.79 Å². The first-order valence-electron chi connectivity index (χ1n) is 7.23. The molecular formula is C19H19ClO2. The van der Waals surface area contributed by atoms with Gasteiger partial charge in [0.05, 0.1) is 6.61 Å². The van der Waals surface area contributed by atoms with Crippen LogP contribution < -0.4 is 0 Å². The predicted molar refractivity (Wildman–Crippen MR) is 90.1 cm³/mol. The fourth-order valence-electron chi connectivity index (χ4n) is 2.12. The van der Waals surface area contributed by atoms with Crippen LogP contribution in [-0.4, -0.2) is 12.9 Å². The second-order valence-electron chi connectivity index (χ2n) is 5.11. The fraction of sp³-hybridized carbons (Fsp3) is 0.211. The number of halogens is 1. The minimum atomic E-state index is -0.210. The lowest BCUT2D eigenvalue weighted by Gasteiger charge is -2.15. The van der Waals surface area contributed by atoms with Gasteiger partial charge in [-0.15, -0.1) is 0 Å². The normalized spacial score (nSPS) is 12.9. The molecule has 0 aliphatic rings. The third-order valence-corrected chi connectivity index (χ3v) is 3.58. The van der Waals surface area contributed by atoms with Crippen molar-refractivity contribution in [2.24, 2.45) is 0 Å². The zero-order valence-corrected chi connectivity index (χ0v) is 13.3. The lowest BCUT2D eigenvalue weighted by atomic mass is 10.1. The van der Waals surface area contributed by atoms with Crippen LogP contribution in [0.15, 0.2) is 66.2 Å². The van der Waals surface area contributed by atoms with Crippen LogP contribution in [0.2, 0.25) is 5.02 Å². The maximum Gasteiger partial charge on any atom is 0.145 e. The van der Waals surface area contributed by atoms with Crippen LogP contribution in [0.1, 0.15) is 24.2 Å². The van der Waals surface area contributed by atoms with E-state index in [0.29, 0.717) is 12.2 Å². The molecule has 0 amide bonds. The Bertz CT molecular complexity index is 618. The Morgan fingerprint density at radius 1 is 1.14 bits per heavy atom. The van der Waals surface area contributed by atoms with Crippen molar-refractivity contribution >= 4 is 17.9 Å². The summed E-state index contributed by atoms with van der Waals surface area (Å²) in [6.45, 7) is 2.36. The molecule has 2 aromatic rings. The van der Waals surface area contributed by atoms with Crippen LogP contribution in [0.4, 0.5) is 0 Å². The summed E-state index contributed by atoms with van der Waals surface area (Å²) < 4.78 is 5.97. The third kappa shape index (κ3) is 5.14. The number of allylic oxidation sites excluding steroid dienone is 1. The topological polar surface area (TPSA) is 26.3 Å². The van der Waals surface area contributed by atoms with Gasteiger partial charge in [-0.3, -0.25) is 4.79 Å². The molecular weight excluding hydrogens is 296 g/mol. The van der Waals surface area contributed by atoms with Crippen molar-refractivity contribution in [1.29, 1.82) is 0 Å². The van der Waals surface area contributed by atoms with E-state index in [2.05, 4.69) is 0 Å². The van der Waals surface area contributed by atoms with Crippen molar-refractivity contribution in [3.05, 3.63) is 82.4 Å². The molecule has 0 aliphatic carbocycles. The van der Waals surface area contributed by atoms with Crippen molar-refractivity contribution in [1.82, 2.24) is 0 Å². The molecule has 2 nitrogen and oxygen atoms in total. The van der Waals surface area contributed by atoms with Crippen LogP contribution in [0.5, 0.6) is 0 Å². The molecule has 114 valence electrons. The Labute approximate surface area is 136 Å². The summed E-state index contributed by atoms with van der Waals surface area (Å²) in [5, 5.41) is 0.733. The quantitative estimate of drug-likeness (QED) is 0.543. The zero-order valence-electron chi connectivity index (χ0n) is 12.5. The predicted octanol–water partition coefficient (Wildman–Crippen LogP) is 4.79. The average molecular weight is 315 g/mol. The lowest BCUT2D eigenvalue weighted by Crippen LogP contribution is -2.06. The Morgan fingerprint density at radius 2 is 1.82 bits per heavy atom. The summed E-state index contributed by atoms with van der Waals surface area (Å²) in [6, 6.07) is 17.6. The van der Waals surface area contributed by atoms with Crippen molar-refractivity contribution < 1.29 is 9.53 Å². The summed E-state index contributed by atoms with van der Waals surface area (Å²) in [7, 11) is 0. The fourth-order valence-corrected chi connectivity index (χ4v) is 2.24. The molecule has 0 bridgehead atoms. The van der Waals surface area contributed by atoms with Gasteiger partial charge in [0.2, 0.25) is 0 Å². The molecule has 3 heteroatoms. The summed E-state index contributed by atoms with van der Waals surface area (Å²) in [6.07, 6.45) is 3.29. The Hall–Kier alpha value is -1.90. The highest BCUT2D eigenvalue weighted by atomic mass is 35.5. The van der Waals surface area contributed by atoms with Crippen LogP contribution >= 0.6 is 11.6 Å². The standard InChI is InChI=1S/C19H19ClO2/c1-15(14-21)13-19(17-5-3-2-4-6-17)22-12-11-16-7-9-18(20)10-8-16/h2-10,13-14,19H,11-12H2,1H3/b15-13+. The number of aldehydes is 1. The van der Waals surface area contributed by atoms with Gasteiger partial charge < -0.3 is 4.74 Å². The van der Waals surface area contributed by atoms with E-state index < -0.39 is 0 Å². The molecule has 2 rings (SSSR count). The average Bonchev–Trinajstić information content (AvgIpc) is 2.56. The van der Waals surface area contributed by atoms with Crippen LogP contribution in [-0.2, 0) is 16.0 Å². The highest BCUT2D eigenvalue weighted by Gasteiger charge is 2.09. The highest BCUT2D eigenvalue weighted by molar-refractivity contribution is 6.30. The summed E-state index contributed by atoms with van der Waals surface area (Å²) in [5.41, 5.74) is 2.88. The molecule has 0 heterocycles. The number of hydrogen-bond acceptors (Lipinski definition) is 2. The molecule has 1 atom stereocenters. The van der Waals surface area contributed by atoms with Gasteiger partial charge in [0.1, 0.15) is 12.4 Å². The van der Waals surface area contributed by atoms with E-state index in [0.717, 1.165) is 23.3 Å². The minimum absolute atomic E-state index is 0.210. The van der Waals surface area contributed by atoms with Crippen molar-refractivity contribution in [2.45, 2.75) is 19.4 Å². The van der Waals surface area contributed by atoms with E-state index in [4.69, 9.17) is 16.3 Å². The Balaban J connectivity index is 2.01. The van der Waals surface area contributed by atoms with E-state index in [1.807, 2.05) is 60.7 Å².